The van der Waals surface area contributed by atoms with E-state index in [1.807, 2.05) is 75.4 Å². The molecular formula is C22H32N4O3S. The molecule has 2 aromatic rings. The van der Waals surface area contributed by atoms with Crippen LogP contribution in [0, 0.1) is 0 Å². The van der Waals surface area contributed by atoms with Crippen LogP contribution in [0.1, 0.15) is 31.9 Å². The molecule has 0 aliphatic heterocycles. The van der Waals surface area contributed by atoms with Crippen molar-refractivity contribution in [3.8, 4) is 5.75 Å². The zero-order chi connectivity index (χ0) is 22.0. The van der Waals surface area contributed by atoms with Gasteiger partial charge in [-0.2, -0.15) is 0 Å². The molecule has 0 heterocycles. The minimum Gasteiger partial charge on any atom is -0.488 e. The van der Waals surface area contributed by atoms with E-state index in [-0.39, 0.29) is 24.4 Å². The highest BCUT2D eigenvalue weighted by Gasteiger charge is 2.15. The van der Waals surface area contributed by atoms with Crippen LogP contribution in [0.25, 0.3) is 0 Å². The van der Waals surface area contributed by atoms with Crippen LogP contribution in [-0.4, -0.2) is 39.3 Å². The number of nitrogens with zero attached hydrogens (tertiary/aromatic N) is 1. The molecule has 0 fully saturated rings. The summed E-state index contributed by atoms with van der Waals surface area (Å²) in [5, 5.41) is 6.24. The Morgan fingerprint density at radius 1 is 0.967 bits per heavy atom. The summed E-state index contributed by atoms with van der Waals surface area (Å²) in [6, 6.07) is 17.2. The fourth-order valence-electron chi connectivity index (χ4n) is 2.64. The van der Waals surface area contributed by atoms with Crippen LogP contribution in [0.15, 0.2) is 59.6 Å². The molecule has 0 aromatic heterocycles. The van der Waals surface area contributed by atoms with Gasteiger partial charge in [0, 0.05) is 32.2 Å². The summed E-state index contributed by atoms with van der Waals surface area (Å²) in [6.07, 6.45) is 0. The SMILES string of the molecule is CN=C(NCCS(=O)(=O)NCc1ccccc1)NCc1ccccc1OC(C)(C)C. The third kappa shape index (κ3) is 8.84. The van der Waals surface area contributed by atoms with Gasteiger partial charge < -0.3 is 15.4 Å². The maximum atomic E-state index is 12.2. The molecule has 0 saturated carbocycles. The molecule has 8 heteroatoms. The largest absolute Gasteiger partial charge is 0.488 e. The van der Waals surface area contributed by atoms with E-state index in [1.54, 1.807) is 7.05 Å². The van der Waals surface area contributed by atoms with Gasteiger partial charge in [0.15, 0.2) is 5.96 Å². The summed E-state index contributed by atoms with van der Waals surface area (Å²) in [7, 11) is -1.75. The second-order valence-corrected chi connectivity index (χ2v) is 9.73. The van der Waals surface area contributed by atoms with Crippen molar-refractivity contribution in [1.82, 2.24) is 15.4 Å². The van der Waals surface area contributed by atoms with Crippen LogP contribution >= 0.6 is 0 Å². The van der Waals surface area contributed by atoms with Crippen molar-refractivity contribution >= 4 is 16.0 Å². The van der Waals surface area contributed by atoms with Crippen LogP contribution in [0.2, 0.25) is 0 Å². The first-order chi connectivity index (χ1) is 14.2. The van der Waals surface area contributed by atoms with Crippen LogP contribution in [0.3, 0.4) is 0 Å². The van der Waals surface area contributed by atoms with Gasteiger partial charge in [0.25, 0.3) is 0 Å². The number of aliphatic imine (C=N–C) groups is 1. The first-order valence-corrected chi connectivity index (χ1v) is 11.6. The molecule has 30 heavy (non-hydrogen) atoms. The highest BCUT2D eigenvalue weighted by Crippen LogP contribution is 2.22. The van der Waals surface area contributed by atoms with Gasteiger partial charge in [-0.05, 0) is 32.4 Å². The van der Waals surface area contributed by atoms with Crippen LogP contribution in [0.5, 0.6) is 5.75 Å². The summed E-state index contributed by atoms with van der Waals surface area (Å²) in [5.74, 6) is 1.28. The Balaban J connectivity index is 1.81. The van der Waals surface area contributed by atoms with Crippen molar-refractivity contribution in [3.63, 3.8) is 0 Å². The zero-order valence-corrected chi connectivity index (χ0v) is 18.9. The van der Waals surface area contributed by atoms with Crippen molar-refractivity contribution in [2.75, 3.05) is 19.3 Å². The molecule has 0 spiro atoms. The monoisotopic (exact) mass is 432 g/mol. The van der Waals surface area contributed by atoms with E-state index in [4.69, 9.17) is 4.74 Å². The molecule has 7 nitrogen and oxygen atoms in total. The number of sulfonamides is 1. The second-order valence-electron chi connectivity index (χ2n) is 7.80. The Morgan fingerprint density at radius 2 is 1.63 bits per heavy atom. The lowest BCUT2D eigenvalue weighted by atomic mass is 10.1. The number of rotatable bonds is 9. The number of guanidine groups is 1. The van der Waals surface area contributed by atoms with E-state index in [0.717, 1.165) is 16.9 Å². The predicted molar refractivity (Wildman–Crippen MR) is 122 cm³/mol. The Bertz CT molecular complexity index is 923. The molecule has 0 amide bonds. The summed E-state index contributed by atoms with van der Waals surface area (Å²) in [6.45, 7) is 7.04. The topological polar surface area (TPSA) is 91.8 Å². The smallest absolute Gasteiger partial charge is 0.213 e. The Morgan fingerprint density at radius 3 is 2.30 bits per heavy atom. The lowest BCUT2D eigenvalue weighted by Crippen LogP contribution is -2.40. The number of hydrogen-bond acceptors (Lipinski definition) is 4. The molecule has 0 bridgehead atoms. The molecule has 0 unspecified atom stereocenters. The maximum Gasteiger partial charge on any atom is 0.213 e. The van der Waals surface area contributed by atoms with Crippen LogP contribution in [0.4, 0.5) is 0 Å². The quantitative estimate of drug-likeness (QED) is 0.419. The fraction of sp³-hybridized carbons (Fsp3) is 0.409. The summed E-state index contributed by atoms with van der Waals surface area (Å²) >= 11 is 0. The molecule has 0 aliphatic carbocycles. The molecule has 164 valence electrons. The lowest BCUT2D eigenvalue weighted by molar-refractivity contribution is 0.129. The average Bonchev–Trinajstić information content (AvgIpc) is 2.70. The Labute approximate surface area is 180 Å². The third-order valence-electron chi connectivity index (χ3n) is 4.06. The van der Waals surface area contributed by atoms with Crippen LogP contribution < -0.4 is 20.1 Å². The summed E-state index contributed by atoms with van der Waals surface area (Å²) in [4.78, 5) is 4.16. The van der Waals surface area contributed by atoms with Gasteiger partial charge in [0.05, 0.1) is 5.75 Å². The number of ether oxygens (including phenoxy) is 1. The molecule has 0 saturated heterocycles. The van der Waals surface area contributed by atoms with Gasteiger partial charge in [-0.15, -0.1) is 0 Å². The van der Waals surface area contributed by atoms with Crippen molar-refractivity contribution < 1.29 is 13.2 Å². The average molecular weight is 433 g/mol. The third-order valence-corrected chi connectivity index (χ3v) is 5.39. The van der Waals surface area contributed by atoms with Gasteiger partial charge in [0.1, 0.15) is 11.4 Å². The first-order valence-electron chi connectivity index (χ1n) is 9.91. The van der Waals surface area contributed by atoms with Crippen molar-refractivity contribution in [2.24, 2.45) is 4.99 Å². The van der Waals surface area contributed by atoms with E-state index in [1.165, 1.54) is 0 Å². The summed E-state index contributed by atoms with van der Waals surface area (Å²) < 4.78 is 33.0. The standard InChI is InChI=1S/C22H32N4O3S/c1-22(2,3)29-20-13-9-8-12-19(20)17-25-21(23-4)24-14-15-30(27,28)26-16-18-10-6-5-7-11-18/h5-13,26H,14-17H2,1-4H3,(H2,23,24,25). The number of para-hydroxylation sites is 1. The molecule has 0 atom stereocenters. The van der Waals surface area contributed by atoms with Gasteiger partial charge in [0.2, 0.25) is 10.0 Å². The van der Waals surface area contributed by atoms with E-state index >= 15 is 0 Å². The number of hydrogen-bond donors (Lipinski definition) is 3. The normalized spacial score (nSPS) is 12.5. The minimum atomic E-state index is -3.39. The highest BCUT2D eigenvalue weighted by atomic mass is 32.2. The Kier molecular flexibility index (Phi) is 8.68. The second kappa shape index (κ2) is 11.0. The molecule has 0 radical (unpaired) electrons. The Hall–Kier alpha value is -2.58. The zero-order valence-electron chi connectivity index (χ0n) is 18.1. The van der Waals surface area contributed by atoms with E-state index in [9.17, 15) is 8.42 Å². The van der Waals surface area contributed by atoms with E-state index < -0.39 is 10.0 Å². The maximum absolute atomic E-state index is 12.2. The highest BCUT2D eigenvalue weighted by molar-refractivity contribution is 7.89. The molecule has 2 rings (SSSR count). The van der Waals surface area contributed by atoms with Crippen molar-refractivity contribution in [3.05, 3.63) is 65.7 Å². The van der Waals surface area contributed by atoms with Gasteiger partial charge >= 0.3 is 0 Å². The molecule has 0 aliphatic rings. The van der Waals surface area contributed by atoms with E-state index in [2.05, 4.69) is 20.3 Å². The predicted octanol–water partition coefficient (Wildman–Crippen LogP) is 2.65. The van der Waals surface area contributed by atoms with Gasteiger partial charge in [-0.3, -0.25) is 4.99 Å². The number of nitrogens with one attached hydrogen (secondary N) is 3. The van der Waals surface area contributed by atoms with Gasteiger partial charge in [-0.25, -0.2) is 13.1 Å². The molecule has 2 aromatic carbocycles. The summed E-state index contributed by atoms with van der Waals surface area (Å²) in [5.41, 5.74) is 1.62. The van der Waals surface area contributed by atoms with Crippen molar-refractivity contribution in [2.45, 2.75) is 39.5 Å². The fourth-order valence-corrected chi connectivity index (χ4v) is 3.55. The minimum absolute atomic E-state index is 0.0513. The molecule has 3 N–H and O–H groups in total. The van der Waals surface area contributed by atoms with Gasteiger partial charge in [-0.1, -0.05) is 48.5 Å². The van der Waals surface area contributed by atoms with E-state index in [0.29, 0.717) is 12.5 Å². The lowest BCUT2D eigenvalue weighted by Gasteiger charge is -2.23. The van der Waals surface area contributed by atoms with Crippen molar-refractivity contribution in [1.29, 1.82) is 0 Å². The first kappa shape index (κ1) is 23.7. The molecular weight excluding hydrogens is 400 g/mol. The number of benzene rings is 2. The van der Waals surface area contributed by atoms with Crippen LogP contribution in [-0.2, 0) is 23.1 Å².